The van der Waals surface area contributed by atoms with Crippen molar-refractivity contribution in [2.45, 2.75) is 6.61 Å². The van der Waals surface area contributed by atoms with Crippen molar-refractivity contribution in [1.29, 1.82) is 0 Å². The Hall–Kier alpha value is -5.06. The van der Waals surface area contributed by atoms with Crippen molar-refractivity contribution in [2.24, 2.45) is 5.10 Å². The quantitative estimate of drug-likeness (QED) is 0.105. The van der Waals surface area contributed by atoms with E-state index < -0.39 is 22.0 Å². The first kappa shape index (κ1) is 27.1. The maximum absolute atomic E-state index is 14.2. The summed E-state index contributed by atoms with van der Waals surface area (Å²) >= 11 is 12.3. The molecule has 0 unspecified atom stereocenters. The van der Waals surface area contributed by atoms with E-state index in [4.69, 9.17) is 32.4 Å². The van der Waals surface area contributed by atoms with E-state index in [9.17, 15) is 19.3 Å². The number of hydrogen-bond donors (Lipinski definition) is 0. The molecule has 0 fully saturated rings. The third-order valence-corrected chi connectivity index (χ3v) is 6.81. The molecule has 0 N–H and O–H groups in total. The van der Waals surface area contributed by atoms with Crippen LogP contribution in [0.25, 0.3) is 33.5 Å². The third-order valence-electron chi connectivity index (χ3n) is 6.35. The predicted octanol–water partition coefficient (Wildman–Crippen LogP) is 7.63. The number of hydrogen-bond acceptors (Lipinski definition) is 7. The van der Waals surface area contributed by atoms with Gasteiger partial charge in [0.2, 0.25) is 11.6 Å². The molecule has 2 aromatic heterocycles. The summed E-state index contributed by atoms with van der Waals surface area (Å²) in [6, 6.07) is 21.9. The second-order valence-electron chi connectivity index (χ2n) is 9.09. The van der Waals surface area contributed by atoms with Gasteiger partial charge in [-0.1, -0.05) is 53.5 Å². The zero-order valence-corrected chi connectivity index (χ0v) is 22.8. The Morgan fingerprint density at radius 2 is 1.81 bits per heavy atom. The summed E-state index contributed by atoms with van der Waals surface area (Å²) in [4.78, 5) is 29.5. The van der Waals surface area contributed by atoms with Crippen LogP contribution < -0.4 is 10.3 Å². The highest BCUT2D eigenvalue weighted by Gasteiger charge is 2.22. The topological polar surface area (TPSA) is 113 Å². The largest absolute Gasteiger partial charge is 0.481 e. The number of para-hydroxylation sites is 1. The summed E-state index contributed by atoms with van der Waals surface area (Å²) in [6.07, 6.45) is 1.19. The molecule has 0 spiro atoms. The van der Waals surface area contributed by atoms with Gasteiger partial charge in [0.1, 0.15) is 18.0 Å². The van der Waals surface area contributed by atoms with Gasteiger partial charge in [-0.15, -0.1) is 0 Å². The summed E-state index contributed by atoms with van der Waals surface area (Å²) in [7, 11) is 0. The molecule has 0 amide bonds. The number of benzene rings is 4. The van der Waals surface area contributed by atoms with E-state index in [1.807, 2.05) is 0 Å². The monoisotopic (exact) mass is 602 g/mol. The van der Waals surface area contributed by atoms with Crippen molar-refractivity contribution >= 4 is 57.0 Å². The highest BCUT2D eigenvalue weighted by Crippen LogP contribution is 2.35. The van der Waals surface area contributed by atoms with Crippen molar-refractivity contribution in [3.8, 4) is 17.3 Å². The molecule has 6 rings (SSSR count). The van der Waals surface area contributed by atoms with Crippen LogP contribution in [0.5, 0.6) is 5.75 Å². The van der Waals surface area contributed by atoms with E-state index in [2.05, 4.69) is 10.1 Å². The number of nitro groups is 1. The fraction of sp³-hybridized carbons (Fsp3) is 0.0333. The lowest BCUT2D eigenvalue weighted by atomic mass is 10.1. The van der Waals surface area contributed by atoms with Crippen LogP contribution in [-0.4, -0.2) is 20.8 Å². The van der Waals surface area contributed by atoms with E-state index >= 15 is 0 Å². The number of aromatic nitrogens is 2. The van der Waals surface area contributed by atoms with Gasteiger partial charge in [-0.25, -0.2) is 9.37 Å². The Kier molecular flexibility index (Phi) is 7.15. The Labute approximate surface area is 246 Å². The molecule has 208 valence electrons. The summed E-state index contributed by atoms with van der Waals surface area (Å²) in [6.45, 7) is -0.305. The molecule has 2 heterocycles. The molecule has 0 aliphatic rings. The first-order valence-corrected chi connectivity index (χ1v) is 13.1. The molecular weight excluding hydrogens is 586 g/mol. The number of furan rings is 1. The van der Waals surface area contributed by atoms with Gasteiger partial charge in [-0.05, 0) is 48.5 Å². The van der Waals surface area contributed by atoms with Gasteiger partial charge in [-0.3, -0.25) is 14.9 Å². The standard InChI is InChI=1S/C30H17Cl2FN4O5/c31-20-9-10-26-18(11-20)13-27(42-26)29-35-24-8-4-2-6-22(24)30(38)36(29)34-15-19-12-21(32)14-25(37(39)40)28(19)41-16-17-5-1-3-7-23(17)33/h1-15H,16H2. The average Bonchev–Trinajstić information content (AvgIpc) is 3.39. The number of nitrogens with zero attached hydrogens (tertiary/aromatic N) is 4. The lowest BCUT2D eigenvalue weighted by Gasteiger charge is -2.11. The molecule has 12 heteroatoms. The number of ether oxygens (including phenoxy) is 1. The minimum atomic E-state index is -0.672. The zero-order chi connectivity index (χ0) is 29.4. The Bertz CT molecular complexity index is 2110. The van der Waals surface area contributed by atoms with E-state index in [0.29, 0.717) is 21.5 Å². The van der Waals surface area contributed by atoms with E-state index in [0.717, 1.165) is 10.7 Å². The van der Waals surface area contributed by atoms with E-state index in [1.54, 1.807) is 54.6 Å². The molecule has 0 aliphatic carbocycles. The Morgan fingerprint density at radius 1 is 1.02 bits per heavy atom. The number of halogens is 3. The van der Waals surface area contributed by atoms with Crippen molar-refractivity contribution < 1.29 is 18.5 Å². The Balaban J connectivity index is 1.50. The molecule has 0 saturated heterocycles. The maximum Gasteiger partial charge on any atom is 0.313 e. The van der Waals surface area contributed by atoms with Gasteiger partial charge in [0.05, 0.1) is 22.0 Å². The molecule has 0 saturated carbocycles. The normalized spacial score (nSPS) is 11.5. The molecule has 0 aliphatic heterocycles. The predicted molar refractivity (Wildman–Crippen MR) is 158 cm³/mol. The van der Waals surface area contributed by atoms with Gasteiger partial charge >= 0.3 is 5.69 Å². The molecule has 6 aromatic rings. The summed E-state index contributed by atoms with van der Waals surface area (Å²) in [5, 5.41) is 17.7. The zero-order valence-electron chi connectivity index (χ0n) is 21.3. The molecule has 9 nitrogen and oxygen atoms in total. The van der Waals surface area contributed by atoms with Gasteiger partial charge in [-0.2, -0.15) is 9.78 Å². The van der Waals surface area contributed by atoms with Crippen molar-refractivity contribution in [3.63, 3.8) is 0 Å². The highest BCUT2D eigenvalue weighted by molar-refractivity contribution is 6.31. The van der Waals surface area contributed by atoms with Gasteiger partial charge in [0.25, 0.3) is 5.56 Å². The van der Waals surface area contributed by atoms with E-state index in [-0.39, 0.29) is 45.5 Å². The first-order chi connectivity index (χ1) is 20.3. The molecule has 0 bridgehead atoms. The first-order valence-electron chi connectivity index (χ1n) is 12.4. The van der Waals surface area contributed by atoms with Crippen LogP contribution in [0.1, 0.15) is 11.1 Å². The maximum atomic E-state index is 14.2. The van der Waals surface area contributed by atoms with E-state index in [1.165, 1.54) is 30.5 Å². The Morgan fingerprint density at radius 3 is 2.62 bits per heavy atom. The minimum absolute atomic E-state index is 0.0276. The second kappa shape index (κ2) is 11.1. The van der Waals surface area contributed by atoms with Crippen molar-refractivity contribution in [1.82, 2.24) is 9.66 Å². The van der Waals surface area contributed by atoms with Crippen LogP contribution in [0.15, 0.2) is 99.2 Å². The van der Waals surface area contributed by atoms with Crippen LogP contribution in [0.3, 0.4) is 0 Å². The van der Waals surface area contributed by atoms with Crippen LogP contribution in [0.2, 0.25) is 10.0 Å². The summed E-state index contributed by atoms with van der Waals surface area (Å²) in [5.74, 6) is -0.430. The SMILES string of the molecule is O=c1c2ccccc2nc(-c2cc3cc(Cl)ccc3o2)n1N=Cc1cc(Cl)cc([N+](=O)[O-])c1OCc1ccccc1F. The van der Waals surface area contributed by atoms with Crippen LogP contribution in [0, 0.1) is 15.9 Å². The number of rotatable bonds is 7. The molecule has 0 radical (unpaired) electrons. The van der Waals surface area contributed by atoms with Gasteiger partial charge < -0.3 is 9.15 Å². The lowest BCUT2D eigenvalue weighted by molar-refractivity contribution is -0.385. The highest BCUT2D eigenvalue weighted by atomic mass is 35.5. The molecule has 42 heavy (non-hydrogen) atoms. The van der Waals surface area contributed by atoms with Crippen molar-refractivity contribution in [3.05, 3.63) is 132 Å². The van der Waals surface area contributed by atoms with Crippen LogP contribution >= 0.6 is 23.2 Å². The smallest absolute Gasteiger partial charge is 0.313 e. The summed E-state index contributed by atoms with van der Waals surface area (Å²) in [5.41, 5.74) is 0.213. The van der Waals surface area contributed by atoms with Gasteiger partial charge in [0.15, 0.2) is 5.76 Å². The van der Waals surface area contributed by atoms with Crippen LogP contribution in [0.4, 0.5) is 10.1 Å². The summed E-state index contributed by atoms with van der Waals surface area (Å²) < 4.78 is 27.0. The number of fused-ring (bicyclic) bond motifs is 2. The molecule has 0 atom stereocenters. The average molecular weight is 603 g/mol. The third kappa shape index (κ3) is 5.20. The number of nitro benzene ring substituents is 1. The fourth-order valence-corrected chi connectivity index (χ4v) is 4.79. The van der Waals surface area contributed by atoms with Gasteiger partial charge in [0, 0.05) is 32.6 Å². The fourth-order valence-electron chi connectivity index (χ4n) is 4.39. The second-order valence-corrected chi connectivity index (χ2v) is 9.96. The molecular formula is C30H17Cl2FN4O5. The van der Waals surface area contributed by atoms with Crippen LogP contribution in [-0.2, 0) is 6.61 Å². The minimum Gasteiger partial charge on any atom is -0.481 e. The lowest BCUT2D eigenvalue weighted by Crippen LogP contribution is -2.20. The van der Waals surface area contributed by atoms with Crippen molar-refractivity contribution in [2.75, 3.05) is 0 Å². The molecule has 4 aromatic carbocycles.